The van der Waals surface area contributed by atoms with Gasteiger partial charge in [0, 0.05) is 5.39 Å². The molecule has 0 saturated carbocycles. The number of fused-ring (bicyclic) bond motifs is 1. The number of amides is 2. The molecule has 0 aliphatic carbocycles. The van der Waals surface area contributed by atoms with Gasteiger partial charge in [0.05, 0.1) is 18.0 Å². The van der Waals surface area contributed by atoms with Crippen molar-refractivity contribution in [3.8, 4) is 0 Å². The Morgan fingerprint density at radius 1 is 1.22 bits per heavy atom. The molecule has 0 aliphatic rings. The summed E-state index contributed by atoms with van der Waals surface area (Å²) in [7, 11) is 0. The van der Waals surface area contributed by atoms with Gasteiger partial charge in [-0.2, -0.15) is 5.10 Å². The maximum absolute atomic E-state index is 12.6. The maximum atomic E-state index is 12.6. The highest BCUT2D eigenvalue weighted by Crippen LogP contribution is 2.14. The molecule has 2 rings (SSSR count). The molecule has 0 fully saturated rings. The number of hydrazine groups is 1. The lowest BCUT2D eigenvalue weighted by molar-refractivity contribution is -0.132. The SMILES string of the molecule is C=CCCOC(C)C(=O)NNC(=O)c1nn(C(C)C)c(=O)c2ccccc12. The van der Waals surface area contributed by atoms with Gasteiger partial charge in [0.1, 0.15) is 6.10 Å². The van der Waals surface area contributed by atoms with Crippen molar-refractivity contribution in [2.75, 3.05) is 6.61 Å². The second kappa shape index (κ2) is 9.09. The van der Waals surface area contributed by atoms with Gasteiger partial charge in [0.25, 0.3) is 17.4 Å². The standard InChI is InChI=1S/C19H24N4O4/c1-5-6-11-27-13(4)17(24)20-21-18(25)16-14-9-7-8-10-15(14)19(26)23(22-16)12(2)3/h5,7-10,12-13H,1,6,11H2,2-4H3,(H,20,24)(H,21,25). The Bertz CT molecular complexity index is 904. The van der Waals surface area contributed by atoms with E-state index in [0.717, 1.165) is 0 Å². The molecular weight excluding hydrogens is 348 g/mol. The zero-order chi connectivity index (χ0) is 20.0. The molecule has 2 aromatic rings. The maximum Gasteiger partial charge on any atom is 0.290 e. The average molecular weight is 372 g/mol. The van der Waals surface area contributed by atoms with Crippen LogP contribution >= 0.6 is 0 Å². The first kappa shape index (κ1) is 20.3. The van der Waals surface area contributed by atoms with Gasteiger partial charge < -0.3 is 4.74 Å². The number of hydrogen-bond donors (Lipinski definition) is 2. The fourth-order valence-electron chi connectivity index (χ4n) is 2.41. The van der Waals surface area contributed by atoms with Gasteiger partial charge in [0.15, 0.2) is 5.69 Å². The first-order valence-electron chi connectivity index (χ1n) is 8.71. The third-order valence-corrected chi connectivity index (χ3v) is 3.89. The highest BCUT2D eigenvalue weighted by Gasteiger charge is 2.19. The van der Waals surface area contributed by atoms with Crippen molar-refractivity contribution >= 4 is 22.6 Å². The summed E-state index contributed by atoms with van der Waals surface area (Å²) in [6, 6.07) is 6.50. The van der Waals surface area contributed by atoms with Gasteiger partial charge in [-0.3, -0.25) is 25.2 Å². The predicted molar refractivity (Wildman–Crippen MR) is 102 cm³/mol. The molecule has 0 radical (unpaired) electrons. The number of benzene rings is 1. The normalized spacial score (nSPS) is 12.0. The van der Waals surface area contributed by atoms with Gasteiger partial charge in [-0.05, 0) is 33.3 Å². The molecule has 1 aromatic carbocycles. The Labute approximate surface area is 157 Å². The number of aromatic nitrogens is 2. The third kappa shape index (κ3) is 4.79. The molecule has 2 N–H and O–H groups in total. The Balaban J connectivity index is 2.20. The van der Waals surface area contributed by atoms with E-state index in [1.54, 1.807) is 51.1 Å². The number of ether oxygens (including phenoxy) is 1. The minimum absolute atomic E-state index is 0.0550. The molecule has 1 aromatic heterocycles. The highest BCUT2D eigenvalue weighted by atomic mass is 16.5. The van der Waals surface area contributed by atoms with Crippen LogP contribution in [-0.4, -0.2) is 34.3 Å². The molecule has 0 aliphatic heterocycles. The summed E-state index contributed by atoms with van der Waals surface area (Å²) in [4.78, 5) is 37.1. The van der Waals surface area contributed by atoms with Crippen LogP contribution in [0.15, 0.2) is 41.7 Å². The number of rotatable bonds is 7. The van der Waals surface area contributed by atoms with Crippen molar-refractivity contribution in [3.05, 3.63) is 53.0 Å². The summed E-state index contributed by atoms with van der Waals surface area (Å²) in [5.41, 5.74) is 4.43. The third-order valence-electron chi connectivity index (χ3n) is 3.89. The van der Waals surface area contributed by atoms with Crippen molar-refractivity contribution in [2.24, 2.45) is 0 Å². The van der Waals surface area contributed by atoms with Crippen LogP contribution in [0.3, 0.4) is 0 Å². The van der Waals surface area contributed by atoms with E-state index in [2.05, 4.69) is 22.5 Å². The Morgan fingerprint density at radius 3 is 2.52 bits per heavy atom. The summed E-state index contributed by atoms with van der Waals surface area (Å²) in [5.74, 6) is -1.11. The molecule has 8 heteroatoms. The van der Waals surface area contributed by atoms with Gasteiger partial charge in [-0.15, -0.1) is 6.58 Å². The Morgan fingerprint density at radius 2 is 1.89 bits per heavy atom. The second-order valence-electron chi connectivity index (χ2n) is 6.27. The van der Waals surface area contributed by atoms with E-state index in [0.29, 0.717) is 23.8 Å². The lowest BCUT2D eigenvalue weighted by Gasteiger charge is -2.15. The minimum Gasteiger partial charge on any atom is -0.368 e. The molecule has 1 unspecified atom stereocenters. The number of hydrogen-bond acceptors (Lipinski definition) is 5. The molecule has 0 saturated heterocycles. The van der Waals surface area contributed by atoms with E-state index in [9.17, 15) is 14.4 Å². The Hall–Kier alpha value is -3.00. The topological polar surface area (TPSA) is 102 Å². The van der Waals surface area contributed by atoms with Crippen LogP contribution in [0, 0.1) is 0 Å². The lowest BCUT2D eigenvalue weighted by atomic mass is 10.1. The number of carbonyl (C=O) groups is 2. The average Bonchev–Trinajstić information content (AvgIpc) is 2.66. The summed E-state index contributed by atoms with van der Waals surface area (Å²) in [6.07, 6.45) is 1.57. The van der Waals surface area contributed by atoms with E-state index in [1.807, 2.05) is 0 Å². The fourth-order valence-corrected chi connectivity index (χ4v) is 2.41. The molecule has 8 nitrogen and oxygen atoms in total. The summed E-state index contributed by atoms with van der Waals surface area (Å²) in [6.45, 7) is 9.12. The van der Waals surface area contributed by atoms with E-state index in [1.165, 1.54) is 4.68 Å². The fraction of sp³-hybridized carbons (Fsp3) is 0.368. The van der Waals surface area contributed by atoms with Crippen LogP contribution in [0.25, 0.3) is 10.8 Å². The summed E-state index contributed by atoms with van der Waals surface area (Å²) in [5, 5.41) is 4.99. The first-order chi connectivity index (χ1) is 12.9. The predicted octanol–water partition coefficient (Wildman–Crippen LogP) is 1.72. The van der Waals surface area contributed by atoms with E-state index in [4.69, 9.17) is 4.74 Å². The van der Waals surface area contributed by atoms with Crippen LogP contribution in [0.2, 0.25) is 0 Å². The minimum atomic E-state index is -0.737. The van der Waals surface area contributed by atoms with Crippen molar-refractivity contribution in [3.63, 3.8) is 0 Å². The second-order valence-corrected chi connectivity index (χ2v) is 6.27. The van der Waals surface area contributed by atoms with E-state index >= 15 is 0 Å². The smallest absolute Gasteiger partial charge is 0.290 e. The summed E-state index contributed by atoms with van der Waals surface area (Å²) >= 11 is 0. The van der Waals surface area contributed by atoms with Gasteiger partial charge in [0.2, 0.25) is 0 Å². The molecule has 0 spiro atoms. The highest BCUT2D eigenvalue weighted by molar-refractivity contribution is 6.05. The van der Waals surface area contributed by atoms with Crippen LogP contribution < -0.4 is 16.4 Å². The van der Waals surface area contributed by atoms with Crippen LogP contribution in [0.4, 0.5) is 0 Å². The quantitative estimate of drug-likeness (QED) is 0.438. The van der Waals surface area contributed by atoms with Gasteiger partial charge in [-0.1, -0.05) is 24.3 Å². The monoisotopic (exact) mass is 372 g/mol. The molecular formula is C19H24N4O4. The Kier molecular flexibility index (Phi) is 6.84. The van der Waals surface area contributed by atoms with E-state index < -0.39 is 17.9 Å². The van der Waals surface area contributed by atoms with Gasteiger partial charge in [-0.25, -0.2) is 4.68 Å². The number of carbonyl (C=O) groups excluding carboxylic acids is 2. The molecule has 144 valence electrons. The van der Waals surface area contributed by atoms with Crippen molar-refractivity contribution < 1.29 is 14.3 Å². The van der Waals surface area contributed by atoms with E-state index in [-0.39, 0.29) is 17.3 Å². The zero-order valence-corrected chi connectivity index (χ0v) is 15.7. The summed E-state index contributed by atoms with van der Waals surface area (Å²) < 4.78 is 6.57. The first-order valence-corrected chi connectivity index (χ1v) is 8.71. The van der Waals surface area contributed by atoms with Crippen molar-refractivity contribution in [2.45, 2.75) is 39.3 Å². The molecule has 2 amide bonds. The molecule has 0 bridgehead atoms. The van der Waals surface area contributed by atoms with Gasteiger partial charge >= 0.3 is 0 Å². The van der Waals surface area contributed by atoms with Crippen molar-refractivity contribution in [1.82, 2.24) is 20.6 Å². The number of nitrogens with zero attached hydrogens (tertiary/aromatic N) is 2. The molecule has 27 heavy (non-hydrogen) atoms. The van der Waals surface area contributed by atoms with Crippen molar-refractivity contribution in [1.29, 1.82) is 0 Å². The van der Waals surface area contributed by atoms with Crippen LogP contribution in [0.5, 0.6) is 0 Å². The zero-order valence-electron chi connectivity index (χ0n) is 15.7. The molecule has 1 heterocycles. The van der Waals surface area contributed by atoms with Crippen LogP contribution in [0.1, 0.15) is 43.7 Å². The largest absolute Gasteiger partial charge is 0.368 e. The number of nitrogens with one attached hydrogen (secondary N) is 2. The van der Waals surface area contributed by atoms with Crippen LogP contribution in [-0.2, 0) is 9.53 Å². The lowest BCUT2D eigenvalue weighted by Crippen LogP contribution is -2.47. The molecule has 1 atom stereocenters.